The summed E-state index contributed by atoms with van der Waals surface area (Å²) in [5, 5.41) is 0. The smallest absolute Gasteiger partial charge is 0.141 e. The second-order valence-corrected chi connectivity index (χ2v) is 4.36. The van der Waals surface area contributed by atoms with Crippen LogP contribution < -0.4 is 10.5 Å². The van der Waals surface area contributed by atoms with Gasteiger partial charge in [0.15, 0.2) is 0 Å². The SMILES string of the molecule is C=C(Br)COc1ccc(C)nc1CCN. The topological polar surface area (TPSA) is 48.1 Å². The Morgan fingerprint density at radius 3 is 2.93 bits per heavy atom. The standard InChI is InChI=1S/C11H15BrN2O/c1-8(12)7-15-11-4-3-9(2)14-10(11)5-6-13/h3-4H,1,5-7,13H2,2H3. The van der Waals surface area contributed by atoms with Crippen LogP contribution in [0.15, 0.2) is 23.2 Å². The first-order valence-corrected chi connectivity index (χ1v) is 5.55. The molecule has 0 bridgehead atoms. The van der Waals surface area contributed by atoms with Crippen LogP contribution in [-0.4, -0.2) is 18.1 Å². The lowest BCUT2D eigenvalue weighted by Crippen LogP contribution is -2.08. The zero-order chi connectivity index (χ0) is 11.3. The summed E-state index contributed by atoms with van der Waals surface area (Å²) in [5.74, 6) is 0.784. The van der Waals surface area contributed by atoms with Gasteiger partial charge in [-0.15, -0.1) is 0 Å². The van der Waals surface area contributed by atoms with Crippen molar-refractivity contribution in [2.24, 2.45) is 5.73 Å². The zero-order valence-corrected chi connectivity index (χ0v) is 10.4. The highest BCUT2D eigenvalue weighted by Crippen LogP contribution is 2.18. The molecule has 0 aliphatic carbocycles. The summed E-state index contributed by atoms with van der Waals surface area (Å²) < 4.78 is 6.35. The predicted octanol–water partition coefficient (Wildman–Crippen LogP) is 2.18. The third-order valence-electron chi connectivity index (χ3n) is 1.84. The minimum Gasteiger partial charge on any atom is -0.486 e. The monoisotopic (exact) mass is 270 g/mol. The largest absolute Gasteiger partial charge is 0.486 e. The van der Waals surface area contributed by atoms with Crippen LogP contribution in [-0.2, 0) is 6.42 Å². The molecule has 0 saturated heterocycles. The van der Waals surface area contributed by atoms with Crippen molar-refractivity contribution in [1.29, 1.82) is 0 Å². The number of aromatic nitrogens is 1. The molecule has 0 unspecified atom stereocenters. The molecule has 0 aliphatic rings. The highest BCUT2D eigenvalue weighted by Gasteiger charge is 2.05. The summed E-state index contributed by atoms with van der Waals surface area (Å²) in [4.78, 5) is 4.39. The molecule has 0 aromatic carbocycles. The Kier molecular flexibility index (Phi) is 4.78. The van der Waals surface area contributed by atoms with Crippen molar-refractivity contribution in [2.75, 3.05) is 13.2 Å². The fraction of sp³-hybridized carbons (Fsp3) is 0.364. The van der Waals surface area contributed by atoms with Crippen molar-refractivity contribution in [2.45, 2.75) is 13.3 Å². The van der Waals surface area contributed by atoms with Crippen LogP contribution in [0.4, 0.5) is 0 Å². The van der Waals surface area contributed by atoms with Gasteiger partial charge in [0.05, 0.1) is 5.69 Å². The fourth-order valence-electron chi connectivity index (χ4n) is 1.20. The van der Waals surface area contributed by atoms with Crippen LogP contribution >= 0.6 is 15.9 Å². The minimum absolute atomic E-state index is 0.447. The van der Waals surface area contributed by atoms with Crippen molar-refractivity contribution in [3.8, 4) is 5.75 Å². The van der Waals surface area contributed by atoms with Crippen LogP contribution in [0.2, 0.25) is 0 Å². The molecule has 0 spiro atoms. The molecule has 0 fully saturated rings. The van der Waals surface area contributed by atoms with E-state index in [0.29, 0.717) is 13.2 Å². The third kappa shape index (κ3) is 4.01. The van der Waals surface area contributed by atoms with Crippen LogP contribution in [0.1, 0.15) is 11.4 Å². The number of hydrogen-bond acceptors (Lipinski definition) is 3. The van der Waals surface area contributed by atoms with E-state index >= 15 is 0 Å². The number of rotatable bonds is 5. The second-order valence-electron chi connectivity index (χ2n) is 3.24. The number of nitrogens with zero attached hydrogens (tertiary/aromatic N) is 1. The van der Waals surface area contributed by atoms with Crippen molar-refractivity contribution in [1.82, 2.24) is 4.98 Å². The highest BCUT2D eigenvalue weighted by molar-refractivity contribution is 9.11. The Morgan fingerprint density at radius 2 is 2.33 bits per heavy atom. The van der Waals surface area contributed by atoms with Gasteiger partial charge in [0.25, 0.3) is 0 Å². The molecule has 0 saturated carbocycles. The zero-order valence-electron chi connectivity index (χ0n) is 8.79. The number of halogens is 1. The Labute approximate surface area is 98.5 Å². The van der Waals surface area contributed by atoms with Crippen LogP contribution in [0.3, 0.4) is 0 Å². The van der Waals surface area contributed by atoms with E-state index < -0.39 is 0 Å². The van der Waals surface area contributed by atoms with Gasteiger partial charge >= 0.3 is 0 Å². The Morgan fingerprint density at radius 1 is 1.60 bits per heavy atom. The maximum Gasteiger partial charge on any atom is 0.141 e. The van der Waals surface area contributed by atoms with E-state index in [1.165, 1.54) is 0 Å². The van der Waals surface area contributed by atoms with E-state index in [1.54, 1.807) is 0 Å². The van der Waals surface area contributed by atoms with Gasteiger partial charge in [-0.25, -0.2) is 0 Å². The first-order chi connectivity index (χ1) is 7.13. The van der Waals surface area contributed by atoms with Crippen molar-refractivity contribution >= 4 is 15.9 Å². The molecule has 4 heteroatoms. The summed E-state index contributed by atoms with van der Waals surface area (Å²) in [6.45, 7) is 6.68. The quantitative estimate of drug-likeness (QED) is 0.892. The summed E-state index contributed by atoms with van der Waals surface area (Å²) in [5.41, 5.74) is 7.40. The summed E-state index contributed by atoms with van der Waals surface area (Å²) >= 11 is 3.25. The normalized spacial score (nSPS) is 10.1. The number of nitrogens with two attached hydrogens (primary N) is 1. The summed E-state index contributed by atoms with van der Waals surface area (Å²) in [6.07, 6.45) is 0.728. The summed E-state index contributed by atoms with van der Waals surface area (Å²) in [7, 11) is 0. The van der Waals surface area contributed by atoms with Crippen LogP contribution in [0, 0.1) is 6.92 Å². The van der Waals surface area contributed by atoms with E-state index in [1.807, 2.05) is 19.1 Å². The van der Waals surface area contributed by atoms with Crippen LogP contribution in [0.25, 0.3) is 0 Å². The van der Waals surface area contributed by atoms with Crippen molar-refractivity contribution in [3.63, 3.8) is 0 Å². The molecule has 0 aliphatic heterocycles. The van der Waals surface area contributed by atoms with E-state index in [9.17, 15) is 0 Å². The Balaban J connectivity index is 2.80. The average molecular weight is 271 g/mol. The van der Waals surface area contributed by atoms with E-state index in [0.717, 1.165) is 28.0 Å². The van der Waals surface area contributed by atoms with Crippen molar-refractivity contribution in [3.05, 3.63) is 34.6 Å². The minimum atomic E-state index is 0.447. The molecule has 2 N–H and O–H groups in total. The van der Waals surface area contributed by atoms with Gasteiger partial charge in [-0.3, -0.25) is 4.98 Å². The number of pyridine rings is 1. The molecule has 82 valence electrons. The molecule has 1 aromatic rings. The molecule has 0 atom stereocenters. The molecule has 3 nitrogen and oxygen atoms in total. The molecule has 0 amide bonds. The van der Waals surface area contributed by atoms with E-state index in [2.05, 4.69) is 27.5 Å². The summed E-state index contributed by atoms with van der Waals surface area (Å²) in [6, 6.07) is 3.84. The molecule has 1 rings (SSSR count). The number of ether oxygens (including phenoxy) is 1. The maximum absolute atomic E-state index is 5.54. The molecule has 1 aromatic heterocycles. The molecule has 15 heavy (non-hydrogen) atoms. The lowest BCUT2D eigenvalue weighted by atomic mass is 10.2. The van der Waals surface area contributed by atoms with Gasteiger partial charge in [-0.1, -0.05) is 22.5 Å². The second kappa shape index (κ2) is 5.88. The van der Waals surface area contributed by atoms with Gasteiger partial charge in [0, 0.05) is 16.6 Å². The van der Waals surface area contributed by atoms with Gasteiger partial charge < -0.3 is 10.5 Å². The van der Waals surface area contributed by atoms with Gasteiger partial charge in [-0.2, -0.15) is 0 Å². The molecular formula is C11H15BrN2O. The molecular weight excluding hydrogens is 256 g/mol. The van der Waals surface area contributed by atoms with Crippen LogP contribution in [0.5, 0.6) is 5.75 Å². The first kappa shape index (κ1) is 12.2. The van der Waals surface area contributed by atoms with Crippen molar-refractivity contribution < 1.29 is 4.74 Å². The number of aryl methyl sites for hydroxylation is 1. The number of hydrogen-bond donors (Lipinski definition) is 1. The van der Waals surface area contributed by atoms with E-state index in [-0.39, 0.29) is 0 Å². The van der Waals surface area contributed by atoms with Gasteiger partial charge in [-0.05, 0) is 25.6 Å². The van der Waals surface area contributed by atoms with Gasteiger partial charge in [0.2, 0.25) is 0 Å². The van der Waals surface area contributed by atoms with E-state index in [4.69, 9.17) is 10.5 Å². The Bertz CT molecular complexity index is 352. The average Bonchev–Trinajstić information content (AvgIpc) is 2.17. The Hall–Kier alpha value is -0.870. The fourth-order valence-corrected chi connectivity index (χ4v) is 1.32. The molecule has 0 radical (unpaired) electrons. The third-order valence-corrected chi connectivity index (χ3v) is 2.07. The highest BCUT2D eigenvalue weighted by atomic mass is 79.9. The maximum atomic E-state index is 5.54. The lowest BCUT2D eigenvalue weighted by Gasteiger charge is -2.10. The first-order valence-electron chi connectivity index (χ1n) is 4.76. The lowest BCUT2D eigenvalue weighted by molar-refractivity contribution is 0.354. The molecule has 1 heterocycles. The van der Waals surface area contributed by atoms with Gasteiger partial charge in [0.1, 0.15) is 12.4 Å². The predicted molar refractivity (Wildman–Crippen MR) is 65.3 cm³/mol.